The molecule has 1 aliphatic heterocycles. The molecule has 0 aromatic heterocycles. The average Bonchev–Trinajstić information content (AvgIpc) is 2.46. The van der Waals surface area contributed by atoms with Crippen molar-refractivity contribution in [3.63, 3.8) is 0 Å². The number of carboxylic acid groups (broad SMARTS) is 1. The van der Waals surface area contributed by atoms with Gasteiger partial charge in [-0.15, -0.1) is 0 Å². The van der Waals surface area contributed by atoms with Crippen LogP contribution in [0.5, 0.6) is 0 Å². The predicted molar refractivity (Wildman–Crippen MR) is 76.1 cm³/mol. The van der Waals surface area contributed by atoms with Crippen molar-refractivity contribution in [2.24, 2.45) is 0 Å². The SMILES string of the molecule is CC(C)[NH+]1CC=C(NNc2ccc(C(=O)[O-])cc2)CC1. The van der Waals surface area contributed by atoms with E-state index < -0.39 is 5.97 Å². The Hall–Kier alpha value is -2.01. The predicted octanol–water partition coefficient (Wildman–Crippen LogP) is -0.452. The summed E-state index contributed by atoms with van der Waals surface area (Å²) in [5.74, 6) is -1.16. The second kappa shape index (κ2) is 6.43. The van der Waals surface area contributed by atoms with Crippen LogP contribution in [0.3, 0.4) is 0 Å². The minimum atomic E-state index is -1.16. The highest BCUT2D eigenvalue weighted by Crippen LogP contribution is 2.08. The molecule has 20 heavy (non-hydrogen) atoms. The van der Waals surface area contributed by atoms with Crippen molar-refractivity contribution in [1.82, 2.24) is 5.43 Å². The summed E-state index contributed by atoms with van der Waals surface area (Å²) < 4.78 is 0. The molecule has 1 heterocycles. The molecule has 0 amide bonds. The van der Waals surface area contributed by atoms with Gasteiger partial charge in [0.25, 0.3) is 0 Å². The van der Waals surface area contributed by atoms with E-state index in [2.05, 4.69) is 30.8 Å². The van der Waals surface area contributed by atoms with Gasteiger partial charge in [-0.25, -0.2) is 0 Å². The Bertz CT molecular complexity index is 494. The first-order chi connectivity index (χ1) is 9.56. The van der Waals surface area contributed by atoms with E-state index >= 15 is 0 Å². The van der Waals surface area contributed by atoms with E-state index in [1.54, 1.807) is 17.0 Å². The summed E-state index contributed by atoms with van der Waals surface area (Å²) in [6.45, 7) is 6.63. The summed E-state index contributed by atoms with van der Waals surface area (Å²) in [6, 6.07) is 7.14. The Balaban J connectivity index is 1.85. The lowest BCUT2D eigenvalue weighted by Crippen LogP contribution is -3.15. The maximum absolute atomic E-state index is 10.6. The van der Waals surface area contributed by atoms with E-state index in [0.29, 0.717) is 6.04 Å². The van der Waals surface area contributed by atoms with Crippen molar-refractivity contribution in [2.45, 2.75) is 26.3 Å². The van der Waals surface area contributed by atoms with Gasteiger partial charge in [-0.3, -0.25) is 0 Å². The number of aromatic carboxylic acids is 1. The smallest absolute Gasteiger partial charge is 0.0980 e. The number of anilines is 1. The number of carbonyl (C=O) groups is 1. The summed E-state index contributed by atoms with van der Waals surface area (Å²) >= 11 is 0. The number of carbonyl (C=O) groups excluding carboxylic acids is 1. The molecule has 0 spiro atoms. The average molecular weight is 275 g/mol. The topological polar surface area (TPSA) is 68.6 Å². The third-order valence-corrected chi connectivity index (χ3v) is 3.63. The van der Waals surface area contributed by atoms with Crippen LogP contribution >= 0.6 is 0 Å². The molecule has 1 unspecified atom stereocenters. The van der Waals surface area contributed by atoms with E-state index in [4.69, 9.17) is 0 Å². The third kappa shape index (κ3) is 3.74. The Morgan fingerprint density at radius 2 is 1.95 bits per heavy atom. The van der Waals surface area contributed by atoms with Crippen molar-refractivity contribution in [1.29, 1.82) is 0 Å². The summed E-state index contributed by atoms with van der Waals surface area (Å²) in [4.78, 5) is 12.2. The first-order valence-electron chi connectivity index (χ1n) is 6.93. The van der Waals surface area contributed by atoms with E-state index in [1.807, 2.05) is 0 Å². The quantitative estimate of drug-likeness (QED) is 0.637. The van der Waals surface area contributed by atoms with Crippen molar-refractivity contribution in [2.75, 3.05) is 18.5 Å². The molecule has 5 heteroatoms. The lowest BCUT2D eigenvalue weighted by atomic mass is 10.1. The zero-order valence-electron chi connectivity index (χ0n) is 11.9. The first kappa shape index (κ1) is 14.4. The second-order valence-corrected chi connectivity index (χ2v) is 5.36. The van der Waals surface area contributed by atoms with Gasteiger partial charge in [0.1, 0.15) is 0 Å². The van der Waals surface area contributed by atoms with E-state index in [1.165, 1.54) is 17.8 Å². The lowest BCUT2D eigenvalue weighted by Gasteiger charge is -2.27. The van der Waals surface area contributed by atoms with Crippen LogP contribution in [0.4, 0.5) is 5.69 Å². The molecule has 5 nitrogen and oxygen atoms in total. The second-order valence-electron chi connectivity index (χ2n) is 5.36. The van der Waals surface area contributed by atoms with E-state index in [9.17, 15) is 9.90 Å². The summed E-state index contributed by atoms with van der Waals surface area (Å²) in [7, 11) is 0. The lowest BCUT2D eigenvalue weighted by molar-refractivity contribution is -0.917. The number of hydrazine groups is 1. The highest BCUT2D eigenvalue weighted by atomic mass is 16.4. The van der Waals surface area contributed by atoms with Gasteiger partial charge in [-0.05, 0) is 37.6 Å². The van der Waals surface area contributed by atoms with Crippen LogP contribution in [0.15, 0.2) is 36.0 Å². The molecular formula is C15H21N3O2. The maximum atomic E-state index is 10.6. The zero-order valence-corrected chi connectivity index (χ0v) is 11.9. The van der Waals surface area contributed by atoms with E-state index in [-0.39, 0.29) is 5.56 Å². The molecule has 0 aliphatic carbocycles. The molecule has 3 N–H and O–H groups in total. The largest absolute Gasteiger partial charge is 0.545 e. The summed E-state index contributed by atoms with van der Waals surface area (Å²) in [5, 5.41) is 10.6. The fourth-order valence-corrected chi connectivity index (χ4v) is 2.23. The summed E-state index contributed by atoms with van der Waals surface area (Å²) in [5.41, 5.74) is 8.46. The zero-order chi connectivity index (χ0) is 14.5. The van der Waals surface area contributed by atoms with Crippen LogP contribution in [0.1, 0.15) is 30.6 Å². The van der Waals surface area contributed by atoms with Crippen molar-refractivity contribution >= 4 is 11.7 Å². The molecule has 1 atom stereocenters. The molecule has 1 aromatic carbocycles. The third-order valence-electron chi connectivity index (χ3n) is 3.63. The van der Waals surface area contributed by atoms with Crippen LogP contribution in [0, 0.1) is 0 Å². The Morgan fingerprint density at radius 3 is 2.45 bits per heavy atom. The minimum Gasteiger partial charge on any atom is -0.545 e. The van der Waals surface area contributed by atoms with Crippen molar-refractivity contribution < 1.29 is 14.8 Å². The molecule has 2 rings (SSSR count). The fraction of sp³-hybridized carbons (Fsp3) is 0.400. The molecule has 1 aromatic rings. The monoisotopic (exact) mass is 275 g/mol. The fourth-order valence-electron chi connectivity index (χ4n) is 2.23. The van der Waals surface area contributed by atoms with Gasteiger partial charge in [0.05, 0.1) is 30.8 Å². The molecule has 108 valence electrons. The van der Waals surface area contributed by atoms with Crippen LogP contribution in [0.2, 0.25) is 0 Å². The highest BCUT2D eigenvalue weighted by molar-refractivity contribution is 5.86. The standard InChI is InChI=1S/C15H21N3O2/c1-11(2)18-9-7-14(8-10-18)17-16-13-5-3-12(4-6-13)15(19)20/h3-7,11,16-17H,8-10H2,1-2H3,(H,19,20). The van der Waals surface area contributed by atoms with Crippen LogP contribution < -0.4 is 20.9 Å². The van der Waals surface area contributed by atoms with Crippen LogP contribution in [0.25, 0.3) is 0 Å². The van der Waals surface area contributed by atoms with Gasteiger partial charge in [0, 0.05) is 12.1 Å². The molecular weight excluding hydrogens is 254 g/mol. The summed E-state index contributed by atoms with van der Waals surface area (Å²) in [6.07, 6.45) is 3.22. The number of hydrogen-bond donors (Lipinski definition) is 3. The van der Waals surface area contributed by atoms with Crippen molar-refractivity contribution in [3.8, 4) is 0 Å². The van der Waals surface area contributed by atoms with Gasteiger partial charge in [-0.2, -0.15) is 0 Å². The van der Waals surface area contributed by atoms with Gasteiger partial charge in [0.15, 0.2) is 0 Å². The molecule has 0 fully saturated rings. The molecule has 0 saturated carbocycles. The first-order valence-corrected chi connectivity index (χ1v) is 6.93. The minimum absolute atomic E-state index is 0.184. The molecule has 0 saturated heterocycles. The molecule has 0 bridgehead atoms. The van der Waals surface area contributed by atoms with Gasteiger partial charge in [0.2, 0.25) is 0 Å². The number of benzene rings is 1. The van der Waals surface area contributed by atoms with Gasteiger partial charge in [-0.1, -0.05) is 12.1 Å². The maximum Gasteiger partial charge on any atom is 0.0980 e. The Kier molecular flexibility index (Phi) is 4.63. The Morgan fingerprint density at radius 1 is 1.25 bits per heavy atom. The molecule has 0 radical (unpaired) electrons. The number of quaternary nitrogens is 1. The van der Waals surface area contributed by atoms with Gasteiger partial charge >= 0.3 is 0 Å². The van der Waals surface area contributed by atoms with Crippen LogP contribution in [-0.2, 0) is 0 Å². The number of nitrogens with one attached hydrogen (secondary N) is 3. The van der Waals surface area contributed by atoms with Crippen LogP contribution in [-0.4, -0.2) is 25.1 Å². The Labute approximate surface area is 119 Å². The number of carboxylic acids is 1. The highest BCUT2D eigenvalue weighted by Gasteiger charge is 2.17. The van der Waals surface area contributed by atoms with Crippen molar-refractivity contribution in [3.05, 3.63) is 41.6 Å². The van der Waals surface area contributed by atoms with E-state index in [0.717, 1.165) is 25.2 Å². The number of rotatable bonds is 5. The normalized spacial score (nSPS) is 18.6. The number of hydrogen-bond acceptors (Lipinski definition) is 4. The molecule has 1 aliphatic rings. The van der Waals surface area contributed by atoms with Gasteiger partial charge < -0.3 is 25.7 Å².